The van der Waals surface area contributed by atoms with Crippen LogP contribution in [0.25, 0.3) is 0 Å². The van der Waals surface area contributed by atoms with Gasteiger partial charge in [-0.2, -0.15) is 0 Å². The molecule has 6 heteroatoms. The Labute approximate surface area is 137 Å². The lowest BCUT2D eigenvalue weighted by Gasteiger charge is -2.24. The number of sulfone groups is 1. The SMILES string of the molecule is CC(CNC(=O)[C@]12C[C@H]1CCCN2)c1ccc(S(C)(=O)=O)cc1. The van der Waals surface area contributed by atoms with Crippen molar-refractivity contribution in [2.45, 2.75) is 42.5 Å². The maximum absolute atomic E-state index is 12.4. The molecular formula is C17H24N2O3S. The second kappa shape index (κ2) is 5.91. The first-order chi connectivity index (χ1) is 10.8. The minimum atomic E-state index is -3.17. The number of carbonyl (C=O) groups excluding carboxylic acids is 1. The van der Waals surface area contributed by atoms with Crippen LogP contribution in [0.2, 0.25) is 0 Å². The summed E-state index contributed by atoms with van der Waals surface area (Å²) in [4.78, 5) is 12.8. The monoisotopic (exact) mass is 336 g/mol. The minimum absolute atomic E-state index is 0.113. The van der Waals surface area contributed by atoms with Gasteiger partial charge in [0.2, 0.25) is 5.91 Å². The number of hydrogen-bond acceptors (Lipinski definition) is 4. The van der Waals surface area contributed by atoms with E-state index in [1.807, 2.05) is 19.1 Å². The topological polar surface area (TPSA) is 75.3 Å². The van der Waals surface area contributed by atoms with E-state index in [1.165, 1.54) is 6.26 Å². The van der Waals surface area contributed by atoms with Gasteiger partial charge in [-0.05, 0) is 55.3 Å². The van der Waals surface area contributed by atoms with Crippen LogP contribution in [0.15, 0.2) is 29.2 Å². The quantitative estimate of drug-likeness (QED) is 0.853. The van der Waals surface area contributed by atoms with E-state index in [1.54, 1.807) is 12.1 Å². The zero-order valence-electron chi connectivity index (χ0n) is 13.6. The maximum Gasteiger partial charge on any atom is 0.240 e. The molecule has 1 aromatic rings. The van der Waals surface area contributed by atoms with Crippen molar-refractivity contribution in [1.82, 2.24) is 10.6 Å². The van der Waals surface area contributed by atoms with Crippen molar-refractivity contribution in [1.29, 1.82) is 0 Å². The second-order valence-corrected chi connectivity index (χ2v) is 8.91. The van der Waals surface area contributed by atoms with Gasteiger partial charge < -0.3 is 10.6 Å². The van der Waals surface area contributed by atoms with Crippen LogP contribution in [0.5, 0.6) is 0 Å². The minimum Gasteiger partial charge on any atom is -0.354 e. The third-order valence-corrected chi connectivity index (χ3v) is 6.25. The summed E-state index contributed by atoms with van der Waals surface area (Å²) in [6, 6.07) is 6.90. The Kier molecular flexibility index (Phi) is 4.23. The summed E-state index contributed by atoms with van der Waals surface area (Å²) in [5.74, 6) is 0.757. The van der Waals surface area contributed by atoms with Crippen LogP contribution in [0.3, 0.4) is 0 Å². The lowest BCUT2D eigenvalue weighted by Crippen LogP contribution is -2.50. The molecule has 3 atom stereocenters. The molecule has 0 aromatic heterocycles. The Bertz CT molecular complexity index is 699. The molecule has 1 amide bonds. The fourth-order valence-corrected chi connectivity index (χ4v) is 4.11. The standard InChI is InChI=1S/C17H24N2O3S/c1-12(13-5-7-15(8-6-13)23(2,21)22)11-18-16(20)17-10-14(17)4-3-9-19-17/h5-8,12,14,19H,3-4,9-11H2,1-2H3,(H,18,20)/t12?,14-,17+/m1/s1. The summed E-state index contributed by atoms with van der Waals surface area (Å²) in [6.07, 6.45) is 4.45. The first kappa shape index (κ1) is 16.5. The number of amides is 1. The van der Waals surface area contributed by atoms with Crippen LogP contribution in [-0.4, -0.2) is 39.2 Å². The van der Waals surface area contributed by atoms with Crippen LogP contribution in [-0.2, 0) is 14.6 Å². The Hall–Kier alpha value is -1.40. The third-order valence-electron chi connectivity index (χ3n) is 5.13. The van der Waals surface area contributed by atoms with Crippen LogP contribution >= 0.6 is 0 Å². The van der Waals surface area contributed by atoms with Gasteiger partial charge in [-0.25, -0.2) is 8.42 Å². The van der Waals surface area contributed by atoms with Crippen LogP contribution in [0, 0.1) is 5.92 Å². The fraction of sp³-hybridized carbons (Fsp3) is 0.588. The van der Waals surface area contributed by atoms with Crippen molar-refractivity contribution in [3.05, 3.63) is 29.8 Å². The molecule has 2 N–H and O–H groups in total. The Morgan fingerprint density at radius 1 is 1.39 bits per heavy atom. The smallest absolute Gasteiger partial charge is 0.240 e. The van der Waals surface area contributed by atoms with E-state index in [-0.39, 0.29) is 17.4 Å². The zero-order chi connectivity index (χ0) is 16.7. The van der Waals surface area contributed by atoms with Gasteiger partial charge in [0.05, 0.1) is 4.90 Å². The summed E-state index contributed by atoms with van der Waals surface area (Å²) in [5.41, 5.74) is 0.720. The molecule has 5 nitrogen and oxygen atoms in total. The highest BCUT2D eigenvalue weighted by molar-refractivity contribution is 7.90. The van der Waals surface area contributed by atoms with Crippen LogP contribution < -0.4 is 10.6 Å². The van der Waals surface area contributed by atoms with E-state index in [2.05, 4.69) is 10.6 Å². The molecule has 126 valence electrons. The molecule has 3 rings (SSSR count). The molecule has 0 spiro atoms. The van der Waals surface area contributed by atoms with Crippen molar-refractivity contribution in [3.8, 4) is 0 Å². The summed E-state index contributed by atoms with van der Waals surface area (Å²) in [6.45, 7) is 3.52. The molecule has 1 saturated carbocycles. The van der Waals surface area contributed by atoms with Crippen LogP contribution in [0.4, 0.5) is 0 Å². The molecular weight excluding hydrogens is 312 g/mol. The first-order valence-corrected chi connectivity index (χ1v) is 10.1. The molecule has 1 unspecified atom stereocenters. The van der Waals surface area contributed by atoms with Gasteiger partial charge >= 0.3 is 0 Å². The van der Waals surface area contributed by atoms with Gasteiger partial charge in [0, 0.05) is 12.8 Å². The summed E-state index contributed by atoms with van der Waals surface area (Å²) in [7, 11) is -3.17. The van der Waals surface area contributed by atoms with Crippen molar-refractivity contribution >= 4 is 15.7 Å². The number of piperidine rings is 1. The van der Waals surface area contributed by atoms with Crippen molar-refractivity contribution < 1.29 is 13.2 Å². The number of rotatable bonds is 5. The summed E-state index contributed by atoms with van der Waals surface area (Å²) in [5, 5.41) is 6.44. The van der Waals surface area contributed by atoms with Crippen molar-refractivity contribution in [2.24, 2.45) is 5.92 Å². The molecule has 1 heterocycles. The predicted molar refractivity (Wildman–Crippen MR) is 89.1 cm³/mol. The predicted octanol–water partition coefficient (Wildman–Crippen LogP) is 1.45. The number of nitrogens with one attached hydrogen (secondary N) is 2. The largest absolute Gasteiger partial charge is 0.354 e. The molecule has 1 aromatic carbocycles. The molecule has 1 saturated heterocycles. The number of hydrogen-bond donors (Lipinski definition) is 2. The first-order valence-electron chi connectivity index (χ1n) is 8.16. The highest BCUT2D eigenvalue weighted by Gasteiger charge is 2.60. The molecule has 2 fully saturated rings. The van der Waals surface area contributed by atoms with Gasteiger partial charge in [-0.1, -0.05) is 19.1 Å². The van der Waals surface area contributed by atoms with Gasteiger partial charge in [0.1, 0.15) is 5.54 Å². The van der Waals surface area contributed by atoms with E-state index < -0.39 is 9.84 Å². The zero-order valence-corrected chi connectivity index (χ0v) is 14.4. The maximum atomic E-state index is 12.4. The Morgan fingerprint density at radius 3 is 2.70 bits per heavy atom. The normalized spacial score (nSPS) is 27.8. The van der Waals surface area contributed by atoms with Crippen molar-refractivity contribution in [2.75, 3.05) is 19.3 Å². The second-order valence-electron chi connectivity index (χ2n) is 6.89. The molecule has 2 aliphatic rings. The number of fused-ring (bicyclic) bond motifs is 1. The van der Waals surface area contributed by atoms with Gasteiger partial charge in [-0.15, -0.1) is 0 Å². The van der Waals surface area contributed by atoms with Gasteiger partial charge in [0.25, 0.3) is 0 Å². The average molecular weight is 336 g/mol. The fourth-order valence-electron chi connectivity index (χ4n) is 3.48. The third kappa shape index (κ3) is 3.28. The highest BCUT2D eigenvalue weighted by atomic mass is 32.2. The van der Waals surface area contributed by atoms with E-state index in [4.69, 9.17) is 0 Å². The average Bonchev–Trinajstić information content (AvgIpc) is 3.27. The molecule has 1 aliphatic heterocycles. The Balaban J connectivity index is 1.57. The molecule has 23 heavy (non-hydrogen) atoms. The molecule has 0 radical (unpaired) electrons. The van der Waals surface area contributed by atoms with Crippen molar-refractivity contribution in [3.63, 3.8) is 0 Å². The lowest BCUT2D eigenvalue weighted by molar-refractivity contribution is -0.125. The van der Waals surface area contributed by atoms with Crippen LogP contribution in [0.1, 0.15) is 37.7 Å². The van der Waals surface area contributed by atoms with E-state index in [9.17, 15) is 13.2 Å². The summed E-state index contributed by atoms with van der Waals surface area (Å²) < 4.78 is 23.0. The lowest BCUT2D eigenvalue weighted by atomic mass is 10.0. The van der Waals surface area contributed by atoms with E-state index in [0.29, 0.717) is 17.4 Å². The van der Waals surface area contributed by atoms with E-state index >= 15 is 0 Å². The van der Waals surface area contributed by atoms with Gasteiger partial charge in [-0.3, -0.25) is 4.79 Å². The molecule has 1 aliphatic carbocycles. The Morgan fingerprint density at radius 2 is 2.09 bits per heavy atom. The summed E-state index contributed by atoms with van der Waals surface area (Å²) >= 11 is 0. The van der Waals surface area contributed by atoms with E-state index in [0.717, 1.165) is 31.4 Å². The number of benzene rings is 1. The van der Waals surface area contributed by atoms with Gasteiger partial charge in [0.15, 0.2) is 9.84 Å². The number of carbonyl (C=O) groups is 1. The highest BCUT2D eigenvalue weighted by Crippen LogP contribution is 2.48. The molecule has 0 bridgehead atoms.